The lowest BCUT2D eigenvalue weighted by Crippen LogP contribution is -2.56. The summed E-state index contributed by atoms with van der Waals surface area (Å²) in [7, 11) is 2.88. The van der Waals surface area contributed by atoms with E-state index in [0.29, 0.717) is 28.4 Å². The Hall–Kier alpha value is -4.77. The quantitative estimate of drug-likeness (QED) is 0.218. The van der Waals surface area contributed by atoms with Gasteiger partial charge in [0.1, 0.15) is 23.2 Å². The van der Waals surface area contributed by atoms with Crippen molar-refractivity contribution in [3.63, 3.8) is 0 Å². The third kappa shape index (κ3) is 5.64. The zero-order valence-corrected chi connectivity index (χ0v) is 22.1. The fourth-order valence-electron chi connectivity index (χ4n) is 5.23. The van der Waals surface area contributed by atoms with E-state index in [1.54, 1.807) is 48.5 Å². The summed E-state index contributed by atoms with van der Waals surface area (Å²) in [6, 6.07) is 18.6. The minimum Gasteiger partial charge on any atom is -0.495 e. The lowest BCUT2D eigenvalue weighted by molar-refractivity contribution is -0.384. The molecule has 0 heterocycles. The van der Waals surface area contributed by atoms with Crippen LogP contribution < -0.4 is 20.1 Å². The van der Waals surface area contributed by atoms with Crippen molar-refractivity contribution in [3.8, 4) is 11.5 Å². The average Bonchev–Trinajstić information content (AvgIpc) is 2.92. The van der Waals surface area contributed by atoms with Crippen LogP contribution in [0.2, 0.25) is 0 Å². The Labute approximate surface area is 230 Å². The van der Waals surface area contributed by atoms with Crippen LogP contribution in [0.1, 0.15) is 24.8 Å². The van der Waals surface area contributed by atoms with Crippen molar-refractivity contribution in [1.82, 2.24) is 0 Å². The number of aliphatic hydroxyl groups is 1. The van der Waals surface area contributed by atoms with Crippen molar-refractivity contribution >= 4 is 34.7 Å². The summed E-state index contributed by atoms with van der Waals surface area (Å²) >= 11 is 0. The monoisotopic (exact) mass is 547 g/mol. The summed E-state index contributed by atoms with van der Waals surface area (Å²) in [6.07, 6.45) is -0.468. The molecule has 11 nitrogen and oxygen atoms in total. The highest BCUT2D eigenvalue weighted by Crippen LogP contribution is 2.47. The van der Waals surface area contributed by atoms with Gasteiger partial charge in [-0.15, -0.1) is 0 Å². The number of nitro benzene ring substituents is 1. The molecule has 0 aliphatic heterocycles. The molecule has 0 bridgehead atoms. The number of nitrogens with zero attached hydrogens (tertiary/aromatic N) is 1. The molecule has 1 aliphatic carbocycles. The second kappa shape index (κ2) is 11.5. The predicted octanol–water partition coefficient (Wildman–Crippen LogP) is 3.93. The molecule has 2 amide bonds. The van der Waals surface area contributed by atoms with Crippen molar-refractivity contribution in [2.75, 3.05) is 24.9 Å². The van der Waals surface area contributed by atoms with Gasteiger partial charge in [0.25, 0.3) is 5.69 Å². The zero-order chi connectivity index (χ0) is 29.0. The first-order chi connectivity index (χ1) is 19.1. The van der Waals surface area contributed by atoms with Gasteiger partial charge in [0.15, 0.2) is 0 Å². The third-order valence-corrected chi connectivity index (χ3v) is 7.05. The lowest BCUT2D eigenvalue weighted by atomic mass is 9.61. The number of ether oxygens (including phenoxy) is 2. The molecule has 4 atom stereocenters. The molecule has 1 fully saturated rings. The average molecular weight is 548 g/mol. The summed E-state index contributed by atoms with van der Waals surface area (Å²) < 4.78 is 10.6. The van der Waals surface area contributed by atoms with Gasteiger partial charge >= 0.3 is 0 Å². The summed E-state index contributed by atoms with van der Waals surface area (Å²) in [5, 5.41) is 28.2. The van der Waals surface area contributed by atoms with E-state index in [-0.39, 0.29) is 5.69 Å². The van der Waals surface area contributed by atoms with E-state index in [9.17, 15) is 29.6 Å². The second-order valence-corrected chi connectivity index (χ2v) is 9.71. The van der Waals surface area contributed by atoms with Gasteiger partial charge in [-0.25, -0.2) is 0 Å². The van der Waals surface area contributed by atoms with Gasteiger partial charge in [0.2, 0.25) is 11.8 Å². The van der Waals surface area contributed by atoms with Crippen molar-refractivity contribution in [1.29, 1.82) is 0 Å². The van der Waals surface area contributed by atoms with Gasteiger partial charge in [0.05, 0.1) is 42.0 Å². The van der Waals surface area contributed by atoms with Crippen LogP contribution in [0, 0.1) is 22.0 Å². The maximum atomic E-state index is 13.8. The first-order valence-corrected chi connectivity index (χ1v) is 12.4. The Balaban J connectivity index is 1.80. The van der Waals surface area contributed by atoms with Crippen LogP contribution in [0.25, 0.3) is 0 Å². The number of ketones is 1. The van der Waals surface area contributed by atoms with E-state index in [1.165, 1.54) is 45.4 Å². The Kier molecular flexibility index (Phi) is 8.15. The van der Waals surface area contributed by atoms with E-state index in [0.717, 1.165) is 0 Å². The van der Waals surface area contributed by atoms with E-state index >= 15 is 0 Å². The molecule has 0 radical (unpaired) electrons. The lowest BCUT2D eigenvalue weighted by Gasteiger charge is -2.44. The molecule has 3 aromatic rings. The molecule has 0 aromatic heterocycles. The van der Waals surface area contributed by atoms with Gasteiger partial charge in [-0.1, -0.05) is 36.4 Å². The van der Waals surface area contributed by atoms with E-state index in [2.05, 4.69) is 10.6 Å². The number of rotatable bonds is 8. The molecule has 1 aliphatic rings. The summed E-state index contributed by atoms with van der Waals surface area (Å²) in [6.45, 7) is 1.37. The Bertz CT molecular complexity index is 1440. The smallest absolute Gasteiger partial charge is 0.269 e. The minimum atomic E-state index is -1.85. The van der Waals surface area contributed by atoms with Crippen LogP contribution in [0.5, 0.6) is 11.5 Å². The van der Waals surface area contributed by atoms with Crippen LogP contribution in [-0.2, 0) is 14.4 Å². The number of hydrogen-bond acceptors (Lipinski definition) is 8. The largest absolute Gasteiger partial charge is 0.495 e. The molecule has 0 unspecified atom stereocenters. The number of nitro groups is 1. The predicted molar refractivity (Wildman–Crippen MR) is 146 cm³/mol. The number of methoxy groups -OCH3 is 2. The first kappa shape index (κ1) is 28.2. The second-order valence-electron chi connectivity index (χ2n) is 9.71. The molecule has 40 heavy (non-hydrogen) atoms. The normalized spacial score (nSPS) is 22.2. The van der Waals surface area contributed by atoms with Crippen LogP contribution >= 0.6 is 0 Å². The summed E-state index contributed by atoms with van der Waals surface area (Å²) in [5.41, 5.74) is -1.10. The van der Waals surface area contributed by atoms with E-state index in [4.69, 9.17) is 9.47 Å². The summed E-state index contributed by atoms with van der Waals surface area (Å²) in [5.74, 6) is -5.07. The number of carbonyl (C=O) groups is 3. The maximum Gasteiger partial charge on any atom is 0.269 e. The number of amides is 2. The van der Waals surface area contributed by atoms with Crippen LogP contribution in [0.15, 0.2) is 72.8 Å². The zero-order valence-electron chi connectivity index (χ0n) is 22.1. The molecular weight excluding hydrogens is 518 g/mol. The number of nitrogens with one attached hydrogen (secondary N) is 2. The van der Waals surface area contributed by atoms with Crippen LogP contribution in [0.4, 0.5) is 17.1 Å². The van der Waals surface area contributed by atoms with Crippen molar-refractivity contribution < 1.29 is 33.9 Å². The number of carbonyl (C=O) groups excluding carboxylic acids is 3. The van der Waals surface area contributed by atoms with Gasteiger partial charge in [-0.2, -0.15) is 0 Å². The fourth-order valence-corrected chi connectivity index (χ4v) is 5.23. The Morgan fingerprint density at radius 1 is 0.900 bits per heavy atom. The molecule has 0 spiro atoms. The van der Waals surface area contributed by atoms with Gasteiger partial charge in [0, 0.05) is 24.5 Å². The summed E-state index contributed by atoms with van der Waals surface area (Å²) in [4.78, 5) is 51.7. The number of benzene rings is 3. The molecular formula is C29H29N3O8. The minimum absolute atomic E-state index is 0.206. The SMILES string of the molecule is COc1ccccc1NC(=O)[C@H]1C(=O)C[C@@](C)(O)[C@@H](C(=O)Nc2ccccc2OC)[C@H]1c1ccc([N+](=O)[O-])cc1. The molecule has 4 rings (SSSR count). The fraction of sp³-hybridized carbons (Fsp3) is 0.276. The highest BCUT2D eigenvalue weighted by Gasteiger charge is 2.56. The van der Waals surface area contributed by atoms with Crippen LogP contribution in [-0.4, -0.2) is 47.4 Å². The number of Topliss-reactive ketones (excluding diaryl/α,β-unsaturated/α-hetero) is 1. The Morgan fingerprint density at radius 2 is 1.40 bits per heavy atom. The number of anilines is 2. The molecule has 208 valence electrons. The van der Waals surface area contributed by atoms with Crippen LogP contribution in [0.3, 0.4) is 0 Å². The molecule has 3 aromatic carbocycles. The number of para-hydroxylation sites is 4. The molecule has 1 saturated carbocycles. The molecule has 11 heteroatoms. The first-order valence-electron chi connectivity index (χ1n) is 12.4. The number of hydrogen-bond donors (Lipinski definition) is 3. The standard InChI is InChI=1S/C29H29N3O8/c1-29(36)16-21(33)25(27(34)30-19-8-4-6-10-22(19)39-2)24(17-12-14-18(15-13-17)32(37)38)26(29)28(35)31-20-9-5-7-11-23(20)40-3/h4-15,24-26,36H,16H2,1-3H3,(H,30,34)(H,31,35)/t24-,25-,26+,29+/m0/s1. The Morgan fingerprint density at radius 3 is 1.90 bits per heavy atom. The van der Waals surface area contributed by atoms with Crippen molar-refractivity contribution in [3.05, 3.63) is 88.5 Å². The highest BCUT2D eigenvalue weighted by molar-refractivity contribution is 6.11. The van der Waals surface area contributed by atoms with Gasteiger partial charge < -0.3 is 25.2 Å². The highest BCUT2D eigenvalue weighted by atomic mass is 16.6. The number of non-ortho nitro benzene ring substituents is 1. The van der Waals surface area contributed by atoms with E-state index < -0.39 is 52.3 Å². The maximum absolute atomic E-state index is 13.8. The topological polar surface area (TPSA) is 157 Å². The van der Waals surface area contributed by atoms with Crippen molar-refractivity contribution in [2.24, 2.45) is 11.8 Å². The van der Waals surface area contributed by atoms with Gasteiger partial charge in [-0.05, 0) is 36.8 Å². The van der Waals surface area contributed by atoms with Gasteiger partial charge in [-0.3, -0.25) is 24.5 Å². The third-order valence-electron chi connectivity index (χ3n) is 7.05. The molecule has 3 N–H and O–H groups in total. The molecule has 0 saturated heterocycles. The van der Waals surface area contributed by atoms with Crippen molar-refractivity contribution in [2.45, 2.75) is 24.9 Å². The van der Waals surface area contributed by atoms with E-state index in [1.807, 2.05) is 0 Å².